The Kier molecular flexibility index (Phi) is 5.34. The summed E-state index contributed by atoms with van der Waals surface area (Å²) in [6, 6.07) is 5.78. The smallest absolute Gasteiger partial charge is 0.323 e. The predicted octanol–water partition coefficient (Wildman–Crippen LogP) is 0.121. The fourth-order valence-corrected chi connectivity index (χ4v) is 5.33. The van der Waals surface area contributed by atoms with Crippen molar-refractivity contribution in [3.8, 4) is 0 Å². The molecule has 1 aromatic heterocycles. The topological polar surface area (TPSA) is 129 Å². The molecule has 2 aromatic rings. The minimum atomic E-state index is -4.43. The molecular formula is C15H20N3O6PS. The largest absolute Gasteiger partial charge is 0.345 e. The molecule has 1 fully saturated rings. The minimum Gasteiger partial charge on any atom is -0.323 e. The maximum absolute atomic E-state index is 13.0. The molecular weight excluding hydrogens is 381 g/mol. The molecule has 1 aromatic carbocycles. The normalized spacial score (nSPS) is 17.3. The zero-order chi connectivity index (χ0) is 18.9. The second-order valence-corrected chi connectivity index (χ2v) is 9.64. The number of hydrogen-bond donors (Lipinski definition) is 3. The van der Waals surface area contributed by atoms with Gasteiger partial charge in [0.1, 0.15) is 6.29 Å². The molecule has 0 saturated carbocycles. The van der Waals surface area contributed by atoms with Crippen molar-refractivity contribution in [2.75, 3.05) is 26.2 Å². The zero-order valence-corrected chi connectivity index (χ0v) is 15.6. The first-order valence-electron chi connectivity index (χ1n) is 8.08. The van der Waals surface area contributed by atoms with Gasteiger partial charge in [-0.1, -0.05) is 6.07 Å². The van der Waals surface area contributed by atoms with Crippen LogP contribution in [0.25, 0.3) is 10.8 Å². The van der Waals surface area contributed by atoms with Crippen LogP contribution in [0.15, 0.2) is 40.2 Å². The van der Waals surface area contributed by atoms with Gasteiger partial charge < -0.3 is 19.7 Å². The van der Waals surface area contributed by atoms with Crippen LogP contribution >= 0.6 is 7.60 Å². The van der Waals surface area contributed by atoms with Gasteiger partial charge in [0.2, 0.25) is 10.0 Å². The van der Waals surface area contributed by atoms with Crippen LogP contribution in [0.2, 0.25) is 0 Å². The average molecular weight is 401 g/mol. The van der Waals surface area contributed by atoms with Crippen LogP contribution in [-0.2, 0) is 20.9 Å². The Hall–Kier alpha value is -1.55. The van der Waals surface area contributed by atoms with Crippen molar-refractivity contribution in [1.82, 2.24) is 14.2 Å². The van der Waals surface area contributed by atoms with Crippen molar-refractivity contribution in [1.29, 1.82) is 0 Å². The number of rotatable bonds is 4. The second-order valence-electron chi connectivity index (χ2n) is 6.12. The molecule has 0 spiro atoms. The quantitative estimate of drug-likeness (QED) is 0.621. The first-order valence-corrected chi connectivity index (χ1v) is 11.3. The number of hydrogen-bond acceptors (Lipinski definition) is 5. The van der Waals surface area contributed by atoms with Gasteiger partial charge in [0.15, 0.2) is 0 Å². The number of pyridine rings is 1. The van der Waals surface area contributed by atoms with E-state index in [2.05, 4.69) is 5.32 Å². The Morgan fingerprint density at radius 1 is 1.12 bits per heavy atom. The van der Waals surface area contributed by atoms with E-state index in [9.17, 15) is 17.8 Å². The summed E-state index contributed by atoms with van der Waals surface area (Å²) in [6.45, 7) is 2.03. The molecule has 3 N–H and O–H groups in total. The molecule has 1 aliphatic heterocycles. The van der Waals surface area contributed by atoms with Crippen LogP contribution in [-0.4, -0.2) is 53.3 Å². The number of nitrogens with one attached hydrogen (secondary N) is 1. The van der Waals surface area contributed by atoms with Crippen molar-refractivity contribution in [2.24, 2.45) is 0 Å². The lowest BCUT2D eigenvalue weighted by atomic mass is 10.2. The highest BCUT2D eigenvalue weighted by Gasteiger charge is 2.27. The maximum atomic E-state index is 13.0. The second kappa shape index (κ2) is 7.22. The van der Waals surface area contributed by atoms with E-state index in [0.29, 0.717) is 26.1 Å². The Balaban J connectivity index is 2.11. The van der Waals surface area contributed by atoms with Crippen molar-refractivity contribution in [2.45, 2.75) is 17.6 Å². The Morgan fingerprint density at radius 3 is 2.62 bits per heavy atom. The van der Waals surface area contributed by atoms with Crippen molar-refractivity contribution in [3.63, 3.8) is 0 Å². The first-order chi connectivity index (χ1) is 12.2. The predicted molar refractivity (Wildman–Crippen MR) is 96.5 cm³/mol. The van der Waals surface area contributed by atoms with Gasteiger partial charge in [-0.15, -0.1) is 0 Å². The molecule has 0 amide bonds. The summed E-state index contributed by atoms with van der Waals surface area (Å²) < 4.78 is 39.6. The number of aromatic nitrogens is 1. The lowest BCUT2D eigenvalue weighted by molar-refractivity contribution is 0.361. The molecule has 1 aliphatic rings. The summed E-state index contributed by atoms with van der Waals surface area (Å²) in [5, 5.41) is 3.50. The van der Waals surface area contributed by atoms with Gasteiger partial charge in [-0.2, -0.15) is 4.31 Å². The van der Waals surface area contributed by atoms with Gasteiger partial charge in [0.05, 0.1) is 4.90 Å². The SMILES string of the molecule is O=c1c2cccc(S(=O)(=O)N3CCCNCC3)c2ccn1CP(=O)(O)O. The van der Waals surface area contributed by atoms with Gasteiger partial charge in [0, 0.05) is 36.6 Å². The van der Waals surface area contributed by atoms with Crippen LogP contribution in [0, 0.1) is 0 Å². The van der Waals surface area contributed by atoms with E-state index in [1.807, 2.05) is 0 Å². The third-order valence-electron chi connectivity index (χ3n) is 4.23. The molecule has 1 saturated heterocycles. The summed E-state index contributed by atoms with van der Waals surface area (Å²) in [5.74, 6) is 0. The van der Waals surface area contributed by atoms with Gasteiger partial charge in [0.25, 0.3) is 5.56 Å². The van der Waals surface area contributed by atoms with Crippen molar-refractivity contribution < 1.29 is 22.8 Å². The number of sulfonamides is 1. The highest BCUT2D eigenvalue weighted by atomic mass is 32.2. The third kappa shape index (κ3) is 3.90. The lowest BCUT2D eigenvalue weighted by Crippen LogP contribution is -2.34. The third-order valence-corrected chi connectivity index (χ3v) is 6.86. The first kappa shape index (κ1) is 19.2. The molecule has 9 nitrogen and oxygen atoms in total. The van der Waals surface area contributed by atoms with Crippen LogP contribution in [0.5, 0.6) is 0 Å². The van der Waals surface area contributed by atoms with Gasteiger partial charge >= 0.3 is 7.60 Å². The molecule has 2 heterocycles. The van der Waals surface area contributed by atoms with Crippen molar-refractivity contribution in [3.05, 3.63) is 40.8 Å². The molecule has 0 radical (unpaired) electrons. The van der Waals surface area contributed by atoms with E-state index in [1.165, 1.54) is 34.8 Å². The summed E-state index contributed by atoms with van der Waals surface area (Å²) >= 11 is 0. The highest BCUT2D eigenvalue weighted by Crippen LogP contribution is 2.36. The summed E-state index contributed by atoms with van der Waals surface area (Å²) in [4.78, 5) is 30.7. The number of fused-ring (bicyclic) bond motifs is 1. The van der Waals surface area contributed by atoms with Gasteiger partial charge in [-0.25, -0.2) is 8.42 Å². The number of nitrogens with zero attached hydrogens (tertiary/aromatic N) is 2. The minimum absolute atomic E-state index is 0.0253. The standard InChI is InChI=1S/C15H20N3O6PS/c19-15-13-3-1-4-14(12(13)5-9-17(15)11-25(20,21)22)26(23,24)18-8-2-6-16-7-10-18/h1,3-5,9,16H,2,6-8,10-11H2,(H2,20,21,22). The van der Waals surface area contributed by atoms with Crippen LogP contribution in [0.3, 0.4) is 0 Å². The Morgan fingerprint density at radius 2 is 1.88 bits per heavy atom. The van der Waals surface area contributed by atoms with E-state index >= 15 is 0 Å². The molecule has 0 atom stereocenters. The Labute approximate surface area is 150 Å². The van der Waals surface area contributed by atoms with Crippen LogP contribution < -0.4 is 10.9 Å². The monoisotopic (exact) mass is 401 g/mol. The van der Waals surface area contributed by atoms with Crippen LogP contribution in [0.4, 0.5) is 0 Å². The van der Waals surface area contributed by atoms with E-state index in [4.69, 9.17) is 9.79 Å². The van der Waals surface area contributed by atoms with Gasteiger partial charge in [-0.3, -0.25) is 9.36 Å². The molecule has 0 aliphatic carbocycles. The maximum Gasteiger partial charge on any atom is 0.345 e. The van der Waals surface area contributed by atoms with E-state index in [-0.39, 0.29) is 15.7 Å². The molecule has 11 heteroatoms. The summed E-state index contributed by atoms with van der Waals surface area (Å²) in [7, 11) is -8.22. The molecule has 0 unspecified atom stereocenters. The summed E-state index contributed by atoms with van der Waals surface area (Å²) in [5.41, 5.74) is -0.639. The molecule has 0 bridgehead atoms. The summed E-state index contributed by atoms with van der Waals surface area (Å²) in [6.07, 6.45) is 1.16. The average Bonchev–Trinajstić information content (AvgIpc) is 2.86. The lowest BCUT2D eigenvalue weighted by Gasteiger charge is -2.20. The van der Waals surface area contributed by atoms with E-state index in [0.717, 1.165) is 11.1 Å². The number of benzene rings is 1. The van der Waals surface area contributed by atoms with Gasteiger partial charge in [-0.05, 0) is 31.2 Å². The van der Waals surface area contributed by atoms with Crippen molar-refractivity contribution >= 4 is 28.4 Å². The zero-order valence-electron chi connectivity index (χ0n) is 13.9. The highest BCUT2D eigenvalue weighted by molar-refractivity contribution is 7.89. The fraction of sp³-hybridized carbons (Fsp3) is 0.400. The van der Waals surface area contributed by atoms with E-state index in [1.54, 1.807) is 0 Å². The van der Waals surface area contributed by atoms with Crippen LogP contribution in [0.1, 0.15) is 6.42 Å². The molecule has 142 valence electrons. The molecule has 3 rings (SSSR count). The molecule has 26 heavy (non-hydrogen) atoms. The van der Waals surface area contributed by atoms with E-state index < -0.39 is 29.5 Å². The fourth-order valence-electron chi connectivity index (χ4n) is 3.02. The Bertz CT molecular complexity index is 1020.